The van der Waals surface area contributed by atoms with Gasteiger partial charge in [-0.3, -0.25) is 4.79 Å². The Hall–Kier alpha value is -1.84. The van der Waals surface area contributed by atoms with Gasteiger partial charge in [-0.15, -0.1) is 0 Å². The minimum atomic E-state index is -0.871. The van der Waals surface area contributed by atoms with Gasteiger partial charge >= 0.3 is 5.97 Å². The zero-order valence-corrected chi connectivity index (χ0v) is 9.61. The molecule has 17 heavy (non-hydrogen) atoms. The fraction of sp³-hybridized carbons (Fsp3) is 0.308. The molecule has 0 saturated carbocycles. The lowest BCUT2D eigenvalue weighted by molar-refractivity contribution is -0.141. The van der Waals surface area contributed by atoms with Gasteiger partial charge in [-0.2, -0.15) is 0 Å². The van der Waals surface area contributed by atoms with Crippen molar-refractivity contribution in [3.8, 4) is 0 Å². The van der Waals surface area contributed by atoms with Gasteiger partial charge < -0.3 is 9.52 Å². The van der Waals surface area contributed by atoms with E-state index < -0.39 is 11.9 Å². The second kappa shape index (κ2) is 4.20. The van der Waals surface area contributed by atoms with Gasteiger partial charge in [-0.05, 0) is 24.3 Å². The van der Waals surface area contributed by atoms with Gasteiger partial charge in [-0.25, -0.2) is 4.39 Å². The summed E-state index contributed by atoms with van der Waals surface area (Å²) in [5.74, 6) is -1.42. The molecule has 0 radical (unpaired) electrons. The summed E-state index contributed by atoms with van der Waals surface area (Å²) in [6, 6.07) is 5.94. The molecule has 1 N–H and O–H groups in total. The van der Waals surface area contributed by atoms with Crippen molar-refractivity contribution in [2.45, 2.75) is 19.8 Å². The van der Waals surface area contributed by atoms with Crippen molar-refractivity contribution in [2.75, 3.05) is 0 Å². The second-order valence-corrected chi connectivity index (χ2v) is 4.25. The Labute approximate surface area is 97.9 Å². The zero-order valence-electron chi connectivity index (χ0n) is 9.61. The molecule has 3 nitrogen and oxygen atoms in total. The summed E-state index contributed by atoms with van der Waals surface area (Å²) in [6.07, 6.45) is 0. The molecule has 0 saturated heterocycles. The topological polar surface area (TPSA) is 50.4 Å². The molecule has 90 valence electrons. The van der Waals surface area contributed by atoms with Gasteiger partial charge in [0, 0.05) is 11.3 Å². The molecule has 0 bridgehead atoms. The summed E-state index contributed by atoms with van der Waals surface area (Å²) in [5.41, 5.74) is 0.575. The van der Waals surface area contributed by atoms with Gasteiger partial charge in [0.1, 0.15) is 17.2 Å². The highest BCUT2D eigenvalue weighted by Crippen LogP contribution is 2.30. The number of carboxylic acid groups (broad SMARTS) is 1. The van der Waals surface area contributed by atoms with E-state index in [2.05, 4.69) is 0 Å². The van der Waals surface area contributed by atoms with Gasteiger partial charge in [0.2, 0.25) is 0 Å². The third-order valence-corrected chi connectivity index (χ3v) is 3.09. The Kier molecular flexibility index (Phi) is 2.88. The lowest BCUT2D eigenvalue weighted by atomic mass is 9.94. The molecule has 1 aromatic heterocycles. The molecular formula is C13H13FO3. The van der Waals surface area contributed by atoms with E-state index in [-0.39, 0.29) is 11.7 Å². The van der Waals surface area contributed by atoms with E-state index >= 15 is 0 Å². The highest BCUT2D eigenvalue weighted by Gasteiger charge is 2.23. The first-order valence-electron chi connectivity index (χ1n) is 5.41. The van der Waals surface area contributed by atoms with Crippen LogP contribution in [0.25, 0.3) is 11.0 Å². The molecule has 1 heterocycles. The van der Waals surface area contributed by atoms with Gasteiger partial charge in [0.25, 0.3) is 0 Å². The number of carbonyl (C=O) groups is 1. The van der Waals surface area contributed by atoms with Crippen LogP contribution in [0.1, 0.15) is 25.5 Å². The standard InChI is InChI=1S/C13H13FO3/c1-7(8(2)13(15)16)12-6-9-5-10(14)3-4-11(9)17-12/h3-8H,1-2H3,(H,15,16). The maximum absolute atomic E-state index is 13.0. The van der Waals surface area contributed by atoms with Crippen molar-refractivity contribution in [2.24, 2.45) is 5.92 Å². The predicted octanol–water partition coefficient (Wildman–Crippen LogP) is 3.40. The van der Waals surface area contributed by atoms with Gasteiger partial charge in [-0.1, -0.05) is 13.8 Å². The third kappa shape index (κ3) is 2.16. The Morgan fingerprint density at radius 1 is 1.35 bits per heavy atom. The Balaban J connectivity index is 2.39. The normalized spacial score (nSPS) is 14.8. The van der Waals surface area contributed by atoms with E-state index in [0.717, 1.165) is 0 Å². The maximum atomic E-state index is 13.0. The van der Waals surface area contributed by atoms with Crippen molar-refractivity contribution in [3.05, 3.63) is 35.8 Å². The average Bonchev–Trinajstić information content (AvgIpc) is 2.69. The number of hydrogen-bond acceptors (Lipinski definition) is 2. The summed E-state index contributed by atoms with van der Waals surface area (Å²) >= 11 is 0. The molecule has 2 rings (SSSR count). The molecule has 1 aromatic carbocycles. The average molecular weight is 236 g/mol. The van der Waals surface area contributed by atoms with E-state index in [4.69, 9.17) is 9.52 Å². The molecule has 2 aromatic rings. The number of benzene rings is 1. The molecule has 2 atom stereocenters. The van der Waals surface area contributed by atoms with Crippen LogP contribution in [-0.2, 0) is 4.79 Å². The first kappa shape index (κ1) is 11.6. The summed E-state index contributed by atoms with van der Waals surface area (Å²) < 4.78 is 18.5. The van der Waals surface area contributed by atoms with E-state index in [9.17, 15) is 9.18 Å². The first-order chi connectivity index (χ1) is 7.99. The summed E-state index contributed by atoms with van der Waals surface area (Å²) in [4.78, 5) is 10.9. The van der Waals surface area contributed by atoms with Crippen LogP contribution in [0.2, 0.25) is 0 Å². The molecule has 0 fully saturated rings. The number of aliphatic carboxylic acids is 1. The number of hydrogen-bond donors (Lipinski definition) is 1. The highest BCUT2D eigenvalue weighted by molar-refractivity contribution is 5.78. The molecule has 0 aliphatic heterocycles. The fourth-order valence-electron chi connectivity index (χ4n) is 1.72. The van der Waals surface area contributed by atoms with Crippen LogP contribution in [-0.4, -0.2) is 11.1 Å². The highest BCUT2D eigenvalue weighted by atomic mass is 19.1. The monoisotopic (exact) mass is 236 g/mol. The van der Waals surface area contributed by atoms with Crippen LogP contribution >= 0.6 is 0 Å². The first-order valence-corrected chi connectivity index (χ1v) is 5.41. The molecule has 0 amide bonds. The summed E-state index contributed by atoms with van der Waals surface area (Å²) in [6.45, 7) is 3.41. The summed E-state index contributed by atoms with van der Waals surface area (Å²) in [5, 5.41) is 9.59. The molecule has 0 aliphatic carbocycles. The van der Waals surface area contributed by atoms with Gasteiger partial charge in [0.05, 0.1) is 5.92 Å². The maximum Gasteiger partial charge on any atom is 0.306 e. The fourth-order valence-corrected chi connectivity index (χ4v) is 1.72. The van der Waals surface area contributed by atoms with Crippen LogP contribution < -0.4 is 0 Å². The molecule has 0 spiro atoms. The lowest BCUT2D eigenvalue weighted by Gasteiger charge is -2.12. The van der Waals surface area contributed by atoms with Gasteiger partial charge in [0.15, 0.2) is 0 Å². The third-order valence-electron chi connectivity index (χ3n) is 3.09. The number of furan rings is 1. The van der Waals surface area contributed by atoms with Crippen molar-refractivity contribution in [3.63, 3.8) is 0 Å². The smallest absolute Gasteiger partial charge is 0.306 e. The largest absolute Gasteiger partial charge is 0.481 e. The van der Waals surface area contributed by atoms with E-state index in [1.807, 2.05) is 0 Å². The van der Waals surface area contributed by atoms with Crippen LogP contribution in [0.5, 0.6) is 0 Å². The van der Waals surface area contributed by atoms with E-state index in [1.54, 1.807) is 26.0 Å². The number of halogens is 1. The number of carboxylic acids is 1. The zero-order chi connectivity index (χ0) is 12.6. The van der Waals surface area contributed by atoms with Crippen molar-refractivity contribution in [1.82, 2.24) is 0 Å². The second-order valence-electron chi connectivity index (χ2n) is 4.25. The van der Waals surface area contributed by atoms with Crippen LogP contribution in [0.3, 0.4) is 0 Å². The predicted molar refractivity (Wildman–Crippen MR) is 61.4 cm³/mol. The van der Waals surface area contributed by atoms with Crippen LogP contribution in [0, 0.1) is 11.7 Å². The minimum absolute atomic E-state index is 0.247. The number of fused-ring (bicyclic) bond motifs is 1. The van der Waals surface area contributed by atoms with Crippen LogP contribution in [0.15, 0.2) is 28.7 Å². The number of rotatable bonds is 3. The van der Waals surface area contributed by atoms with Crippen molar-refractivity contribution < 1.29 is 18.7 Å². The van der Waals surface area contributed by atoms with E-state index in [0.29, 0.717) is 16.7 Å². The Morgan fingerprint density at radius 2 is 2.06 bits per heavy atom. The van der Waals surface area contributed by atoms with Crippen molar-refractivity contribution in [1.29, 1.82) is 0 Å². The molecular weight excluding hydrogens is 223 g/mol. The molecule has 0 aliphatic rings. The van der Waals surface area contributed by atoms with Crippen LogP contribution in [0.4, 0.5) is 4.39 Å². The summed E-state index contributed by atoms with van der Waals surface area (Å²) in [7, 11) is 0. The van der Waals surface area contributed by atoms with Crippen molar-refractivity contribution >= 4 is 16.9 Å². The Morgan fingerprint density at radius 3 is 2.71 bits per heavy atom. The molecule has 2 unspecified atom stereocenters. The SMILES string of the molecule is CC(C(=O)O)C(C)c1cc2cc(F)ccc2o1. The Bertz CT molecular complexity index is 559. The quantitative estimate of drug-likeness (QED) is 0.888. The minimum Gasteiger partial charge on any atom is -0.481 e. The lowest BCUT2D eigenvalue weighted by Crippen LogP contribution is -2.16. The molecule has 4 heteroatoms. The van der Waals surface area contributed by atoms with E-state index in [1.165, 1.54) is 12.1 Å².